The van der Waals surface area contributed by atoms with Crippen LogP contribution in [0.3, 0.4) is 0 Å². The molecule has 5 heteroatoms. The maximum absolute atomic E-state index is 14.2. The average molecular weight is 283 g/mol. The van der Waals surface area contributed by atoms with Gasteiger partial charge in [0.25, 0.3) is 5.92 Å². The summed E-state index contributed by atoms with van der Waals surface area (Å²) >= 11 is 0. The lowest BCUT2D eigenvalue weighted by molar-refractivity contribution is -0.153. The molecule has 0 aromatic heterocycles. The third kappa shape index (κ3) is 2.42. The molecule has 1 fully saturated rings. The summed E-state index contributed by atoms with van der Waals surface area (Å²) in [6.07, 6.45) is 0. The Bertz CT molecular complexity index is 488. The van der Waals surface area contributed by atoms with Gasteiger partial charge in [0.15, 0.2) is 0 Å². The summed E-state index contributed by atoms with van der Waals surface area (Å²) in [6.45, 7) is 2.70. The summed E-state index contributed by atoms with van der Waals surface area (Å²) in [6, 6.07) is 8.34. The minimum absolute atomic E-state index is 0.305. The van der Waals surface area contributed by atoms with E-state index in [-0.39, 0.29) is 0 Å². The van der Waals surface area contributed by atoms with Crippen molar-refractivity contribution in [1.82, 2.24) is 4.90 Å². The predicted molar refractivity (Wildman–Crippen MR) is 71.4 cm³/mol. The van der Waals surface area contributed by atoms with Gasteiger partial charge in [-0.05, 0) is 5.56 Å². The highest BCUT2D eigenvalue weighted by Gasteiger charge is 2.63. The molecule has 1 aliphatic heterocycles. The molecule has 0 N–H and O–H groups in total. The molecule has 0 saturated carbocycles. The summed E-state index contributed by atoms with van der Waals surface area (Å²) < 4.78 is 33.1. The molecule has 0 spiro atoms. The zero-order valence-electron chi connectivity index (χ0n) is 11.9. The number of alkyl halides is 2. The zero-order chi connectivity index (χ0) is 15.0. The summed E-state index contributed by atoms with van der Waals surface area (Å²) in [4.78, 5) is 13.4. The molecule has 3 nitrogen and oxygen atoms in total. The van der Waals surface area contributed by atoms with Gasteiger partial charge in [-0.1, -0.05) is 44.2 Å². The van der Waals surface area contributed by atoms with Crippen LogP contribution in [-0.4, -0.2) is 36.5 Å². The van der Waals surface area contributed by atoms with Crippen LogP contribution in [0.25, 0.3) is 0 Å². The molecule has 0 bridgehead atoms. The molecule has 1 saturated heterocycles. The van der Waals surface area contributed by atoms with Crippen LogP contribution in [0, 0.1) is 5.41 Å². The van der Waals surface area contributed by atoms with E-state index in [0.29, 0.717) is 6.54 Å². The topological polar surface area (TPSA) is 29.5 Å². The number of likely N-dealkylation sites (tertiary alicyclic amines) is 1. The molecule has 110 valence electrons. The Morgan fingerprint density at radius 1 is 1.35 bits per heavy atom. The first-order chi connectivity index (χ1) is 9.29. The van der Waals surface area contributed by atoms with E-state index in [1.54, 1.807) is 0 Å². The van der Waals surface area contributed by atoms with Crippen molar-refractivity contribution in [2.45, 2.75) is 32.4 Å². The molecule has 20 heavy (non-hydrogen) atoms. The normalized spacial score (nSPS) is 24.6. The number of halogens is 2. The molecule has 1 aromatic rings. The first kappa shape index (κ1) is 14.9. The first-order valence-corrected chi connectivity index (χ1v) is 6.53. The standard InChI is InChI=1S/C15H19F2NO2/c1-14(2)12(13(19)20-3)18(10-15(14,16)17)9-11-7-5-4-6-8-11/h4-8,12H,9-10H2,1-3H3/t12-/m1/s1. The summed E-state index contributed by atoms with van der Waals surface area (Å²) in [5.74, 6) is -3.54. The van der Waals surface area contributed by atoms with Crippen molar-refractivity contribution in [3.8, 4) is 0 Å². The highest BCUT2D eigenvalue weighted by Crippen LogP contribution is 2.48. The third-order valence-electron chi connectivity index (χ3n) is 4.05. The lowest BCUT2D eigenvalue weighted by atomic mass is 9.81. The van der Waals surface area contributed by atoms with Crippen LogP contribution >= 0.6 is 0 Å². The molecule has 1 heterocycles. The van der Waals surface area contributed by atoms with Gasteiger partial charge >= 0.3 is 5.97 Å². The second-order valence-electron chi connectivity index (χ2n) is 5.74. The molecule has 0 unspecified atom stereocenters. The van der Waals surface area contributed by atoms with Crippen molar-refractivity contribution < 1.29 is 18.3 Å². The summed E-state index contributed by atoms with van der Waals surface area (Å²) in [5.41, 5.74) is -0.551. The van der Waals surface area contributed by atoms with Gasteiger partial charge in [-0.15, -0.1) is 0 Å². The second kappa shape index (κ2) is 5.13. The average Bonchev–Trinajstić information content (AvgIpc) is 2.55. The van der Waals surface area contributed by atoms with Crippen molar-refractivity contribution in [2.24, 2.45) is 5.41 Å². The van der Waals surface area contributed by atoms with Crippen LogP contribution in [-0.2, 0) is 16.1 Å². The predicted octanol–water partition coefficient (Wildman–Crippen LogP) is 2.71. The lowest BCUT2D eigenvalue weighted by Gasteiger charge is -2.31. The van der Waals surface area contributed by atoms with E-state index in [2.05, 4.69) is 0 Å². The van der Waals surface area contributed by atoms with Crippen molar-refractivity contribution in [2.75, 3.05) is 13.7 Å². The van der Waals surface area contributed by atoms with Gasteiger partial charge in [0.1, 0.15) is 6.04 Å². The Labute approximate surface area is 117 Å². The maximum Gasteiger partial charge on any atom is 0.323 e. The molecule has 0 aliphatic carbocycles. The van der Waals surface area contributed by atoms with Crippen molar-refractivity contribution >= 4 is 5.97 Å². The second-order valence-corrected chi connectivity index (χ2v) is 5.74. The van der Waals surface area contributed by atoms with E-state index in [1.165, 1.54) is 25.9 Å². The van der Waals surface area contributed by atoms with Gasteiger partial charge in [-0.2, -0.15) is 0 Å². The summed E-state index contributed by atoms with van der Waals surface area (Å²) in [5, 5.41) is 0. The number of hydrogen-bond donors (Lipinski definition) is 0. The Kier molecular flexibility index (Phi) is 3.82. The lowest BCUT2D eigenvalue weighted by Crippen LogP contribution is -2.46. The van der Waals surface area contributed by atoms with Gasteiger partial charge in [0, 0.05) is 6.54 Å². The van der Waals surface area contributed by atoms with Crippen LogP contribution in [0.5, 0.6) is 0 Å². The quantitative estimate of drug-likeness (QED) is 0.799. The maximum atomic E-state index is 14.2. The van der Waals surface area contributed by atoms with Crippen molar-refractivity contribution in [3.05, 3.63) is 35.9 Å². The van der Waals surface area contributed by atoms with Crippen LogP contribution in [0.15, 0.2) is 30.3 Å². The molecule has 1 aliphatic rings. The number of carbonyl (C=O) groups excluding carboxylic acids is 1. The van der Waals surface area contributed by atoms with E-state index < -0.39 is 29.9 Å². The number of hydrogen-bond acceptors (Lipinski definition) is 3. The Morgan fingerprint density at radius 2 is 1.95 bits per heavy atom. The number of nitrogens with zero attached hydrogens (tertiary/aromatic N) is 1. The number of benzene rings is 1. The number of methoxy groups -OCH3 is 1. The molecular weight excluding hydrogens is 264 g/mol. The molecule has 1 aromatic carbocycles. The van der Waals surface area contributed by atoms with Gasteiger partial charge in [-0.3, -0.25) is 9.69 Å². The van der Waals surface area contributed by atoms with Gasteiger partial charge < -0.3 is 4.74 Å². The molecular formula is C15H19F2NO2. The number of carbonyl (C=O) groups is 1. The number of ether oxygens (including phenoxy) is 1. The van der Waals surface area contributed by atoms with E-state index in [9.17, 15) is 13.6 Å². The Morgan fingerprint density at radius 3 is 2.50 bits per heavy atom. The van der Waals surface area contributed by atoms with Gasteiger partial charge in [-0.25, -0.2) is 8.78 Å². The minimum atomic E-state index is -2.93. The van der Waals surface area contributed by atoms with Crippen LogP contribution in [0.1, 0.15) is 19.4 Å². The van der Waals surface area contributed by atoms with Crippen molar-refractivity contribution in [3.63, 3.8) is 0 Å². The highest BCUT2D eigenvalue weighted by atomic mass is 19.3. The Hall–Kier alpha value is -1.49. The molecule has 0 radical (unpaired) electrons. The molecule has 2 rings (SSSR count). The fraction of sp³-hybridized carbons (Fsp3) is 0.533. The fourth-order valence-electron chi connectivity index (χ4n) is 2.73. The highest BCUT2D eigenvalue weighted by molar-refractivity contribution is 5.77. The van der Waals surface area contributed by atoms with Crippen LogP contribution in [0.4, 0.5) is 8.78 Å². The van der Waals surface area contributed by atoms with Crippen molar-refractivity contribution in [1.29, 1.82) is 0 Å². The van der Waals surface area contributed by atoms with Gasteiger partial charge in [0.2, 0.25) is 0 Å². The monoisotopic (exact) mass is 283 g/mol. The summed E-state index contributed by atoms with van der Waals surface area (Å²) in [7, 11) is 1.23. The molecule has 1 atom stereocenters. The molecule has 0 amide bonds. The number of esters is 1. The SMILES string of the molecule is COC(=O)[C@H]1N(Cc2ccccc2)CC(F)(F)C1(C)C. The van der Waals surface area contributed by atoms with E-state index in [0.717, 1.165) is 5.56 Å². The first-order valence-electron chi connectivity index (χ1n) is 6.53. The minimum Gasteiger partial charge on any atom is -0.468 e. The number of rotatable bonds is 3. The fourth-order valence-corrected chi connectivity index (χ4v) is 2.73. The van der Waals surface area contributed by atoms with E-state index >= 15 is 0 Å². The van der Waals surface area contributed by atoms with Crippen LogP contribution < -0.4 is 0 Å². The van der Waals surface area contributed by atoms with Crippen LogP contribution in [0.2, 0.25) is 0 Å². The smallest absolute Gasteiger partial charge is 0.323 e. The van der Waals surface area contributed by atoms with E-state index in [1.807, 2.05) is 30.3 Å². The Balaban J connectivity index is 2.29. The van der Waals surface area contributed by atoms with E-state index in [4.69, 9.17) is 4.74 Å². The third-order valence-corrected chi connectivity index (χ3v) is 4.05. The largest absolute Gasteiger partial charge is 0.468 e. The zero-order valence-corrected chi connectivity index (χ0v) is 11.9. The van der Waals surface area contributed by atoms with Gasteiger partial charge in [0.05, 0.1) is 19.1 Å².